The second-order valence-electron chi connectivity index (χ2n) is 4.06. The third-order valence-electron chi connectivity index (χ3n) is 2.60. The van der Waals surface area contributed by atoms with Gasteiger partial charge in [-0.25, -0.2) is 9.69 Å². The fourth-order valence-electron chi connectivity index (χ4n) is 1.80. The van der Waals surface area contributed by atoms with E-state index in [0.29, 0.717) is 0 Å². The van der Waals surface area contributed by atoms with Gasteiger partial charge in [-0.2, -0.15) is 0 Å². The first-order chi connectivity index (χ1) is 8.49. The van der Waals surface area contributed by atoms with Gasteiger partial charge in [-0.05, 0) is 13.0 Å². The number of urea groups is 1. The van der Waals surface area contributed by atoms with Gasteiger partial charge < -0.3 is 5.32 Å². The van der Waals surface area contributed by atoms with Crippen LogP contribution in [-0.4, -0.2) is 22.9 Å². The molecule has 1 N–H and O–H groups in total. The van der Waals surface area contributed by atoms with Crippen molar-refractivity contribution in [2.45, 2.75) is 19.4 Å². The summed E-state index contributed by atoms with van der Waals surface area (Å²) in [6.45, 7) is 1.72. The minimum absolute atomic E-state index is 0.160. The van der Waals surface area contributed by atoms with E-state index in [1.165, 1.54) is 24.3 Å². The molecule has 94 valence electrons. The number of nitrogens with one attached hydrogen (secondary N) is 1. The van der Waals surface area contributed by atoms with Gasteiger partial charge in [0, 0.05) is 24.6 Å². The predicted octanol–water partition coefficient (Wildman–Crippen LogP) is 1.43. The number of anilines is 1. The number of non-ortho nitro benzene ring substituents is 1. The van der Waals surface area contributed by atoms with E-state index in [0.717, 1.165) is 4.90 Å². The largest absolute Gasteiger partial charge is 0.334 e. The number of nitro benzene ring substituents is 1. The van der Waals surface area contributed by atoms with Crippen molar-refractivity contribution in [3.8, 4) is 0 Å². The van der Waals surface area contributed by atoms with Crippen molar-refractivity contribution >= 4 is 23.3 Å². The lowest BCUT2D eigenvalue weighted by molar-refractivity contribution is -0.384. The van der Waals surface area contributed by atoms with Crippen molar-refractivity contribution in [2.24, 2.45) is 0 Å². The van der Waals surface area contributed by atoms with Crippen LogP contribution < -0.4 is 10.2 Å². The molecule has 2 rings (SSSR count). The van der Waals surface area contributed by atoms with Crippen LogP contribution >= 0.6 is 0 Å². The topological polar surface area (TPSA) is 92.6 Å². The van der Waals surface area contributed by atoms with Gasteiger partial charge in [-0.1, -0.05) is 6.07 Å². The van der Waals surface area contributed by atoms with Crippen molar-refractivity contribution in [2.75, 3.05) is 4.90 Å². The van der Waals surface area contributed by atoms with Crippen LogP contribution in [0.15, 0.2) is 24.3 Å². The molecule has 18 heavy (non-hydrogen) atoms. The molecule has 1 aromatic rings. The van der Waals surface area contributed by atoms with Crippen LogP contribution in [0, 0.1) is 10.1 Å². The number of carbonyl (C=O) groups is 2. The highest BCUT2D eigenvalue weighted by atomic mass is 16.6. The monoisotopic (exact) mass is 249 g/mol. The summed E-state index contributed by atoms with van der Waals surface area (Å²) in [6, 6.07) is 4.65. The molecule has 1 saturated heterocycles. The van der Waals surface area contributed by atoms with E-state index in [4.69, 9.17) is 0 Å². The number of imide groups is 1. The maximum Gasteiger partial charge on any atom is 0.328 e. The minimum Gasteiger partial charge on any atom is -0.334 e. The van der Waals surface area contributed by atoms with Gasteiger partial charge in [0.05, 0.1) is 10.6 Å². The molecule has 0 spiro atoms. The lowest BCUT2D eigenvalue weighted by atomic mass is 10.1. The van der Waals surface area contributed by atoms with E-state index in [1.54, 1.807) is 6.92 Å². The summed E-state index contributed by atoms with van der Waals surface area (Å²) in [5.74, 6) is -0.369. The molecule has 0 radical (unpaired) electrons. The number of carbonyl (C=O) groups excluding carboxylic acids is 2. The Morgan fingerprint density at radius 3 is 2.78 bits per heavy atom. The summed E-state index contributed by atoms with van der Waals surface area (Å²) in [5, 5.41) is 13.3. The van der Waals surface area contributed by atoms with Crippen molar-refractivity contribution in [3.05, 3.63) is 34.4 Å². The zero-order valence-corrected chi connectivity index (χ0v) is 9.62. The number of hydrogen-bond acceptors (Lipinski definition) is 4. The number of benzene rings is 1. The van der Waals surface area contributed by atoms with Gasteiger partial charge in [-0.15, -0.1) is 0 Å². The number of hydrogen-bond donors (Lipinski definition) is 1. The van der Waals surface area contributed by atoms with E-state index in [9.17, 15) is 19.7 Å². The summed E-state index contributed by atoms with van der Waals surface area (Å²) in [7, 11) is 0. The molecule has 0 aliphatic carbocycles. The first kappa shape index (κ1) is 12.0. The zero-order valence-electron chi connectivity index (χ0n) is 9.62. The van der Waals surface area contributed by atoms with Crippen LogP contribution in [0.5, 0.6) is 0 Å². The third kappa shape index (κ3) is 2.15. The average molecular weight is 249 g/mol. The quantitative estimate of drug-likeness (QED) is 0.633. The Bertz CT molecular complexity index is 511. The number of amides is 3. The molecule has 0 saturated carbocycles. The summed E-state index contributed by atoms with van der Waals surface area (Å²) >= 11 is 0. The van der Waals surface area contributed by atoms with Gasteiger partial charge in [0.25, 0.3) is 5.69 Å². The Morgan fingerprint density at radius 2 is 2.17 bits per heavy atom. The molecule has 0 aromatic heterocycles. The molecule has 7 heteroatoms. The smallest absolute Gasteiger partial charge is 0.328 e. The Kier molecular flexibility index (Phi) is 2.97. The standard InChI is InChI=1S/C11H11N3O4/c1-7-5-10(15)13(11(16)12-7)8-3-2-4-9(6-8)14(17)18/h2-4,6-7H,5H2,1H3,(H,12,16). The summed E-state index contributed by atoms with van der Waals surface area (Å²) < 4.78 is 0. The lowest BCUT2D eigenvalue weighted by Crippen LogP contribution is -2.54. The van der Waals surface area contributed by atoms with Crippen molar-refractivity contribution in [1.29, 1.82) is 0 Å². The summed E-state index contributed by atoms with van der Waals surface area (Å²) in [5.41, 5.74) is 0.0466. The van der Waals surface area contributed by atoms with E-state index in [1.807, 2.05) is 0 Å². The highest BCUT2D eigenvalue weighted by Gasteiger charge is 2.31. The molecular formula is C11H11N3O4. The van der Waals surface area contributed by atoms with E-state index in [-0.39, 0.29) is 29.7 Å². The number of nitro groups is 1. The highest BCUT2D eigenvalue weighted by molar-refractivity contribution is 6.16. The van der Waals surface area contributed by atoms with Crippen molar-refractivity contribution < 1.29 is 14.5 Å². The average Bonchev–Trinajstić information content (AvgIpc) is 2.28. The first-order valence-electron chi connectivity index (χ1n) is 5.37. The molecule has 7 nitrogen and oxygen atoms in total. The summed E-state index contributed by atoms with van der Waals surface area (Å²) in [4.78, 5) is 34.5. The Labute approximate surface area is 103 Å². The van der Waals surface area contributed by atoms with Gasteiger partial charge in [0.15, 0.2) is 0 Å². The van der Waals surface area contributed by atoms with E-state index >= 15 is 0 Å². The molecule has 1 aromatic carbocycles. The molecule has 1 heterocycles. The molecule has 0 bridgehead atoms. The predicted molar refractivity (Wildman–Crippen MR) is 63.2 cm³/mol. The molecule has 3 amide bonds. The number of nitrogens with zero attached hydrogens (tertiary/aromatic N) is 2. The molecule has 1 fully saturated rings. The van der Waals surface area contributed by atoms with Crippen LogP contribution in [0.2, 0.25) is 0 Å². The van der Waals surface area contributed by atoms with Gasteiger partial charge in [0.1, 0.15) is 0 Å². The first-order valence-corrected chi connectivity index (χ1v) is 5.37. The maximum absolute atomic E-state index is 11.8. The van der Waals surface area contributed by atoms with Crippen LogP contribution in [0.4, 0.5) is 16.2 Å². The van der Waals surface area contributed by atoms with Crippen LogP contribution in [-0.2, 0) is 4.79 Å². The molecule has 1 aliphatic heterocycles. The fraction of sp³-hybridized carbons (Fsp3) is 0.273. The van der Waals surface area contributed by atoms with Gasteiger partial charge in [0.2, 0.25) is 5.91 Å². The van der Waals surface area contributed by atoms with Crippen LogP contribution in [0.25, 0.3) is 0 Å². The molecular weight excluding hydrogens is 238 g/mol. The molecule has 1 aliphatic rings. The van der Waals surface area contributed by atoms with Crippen LogP contribution in [0.1, 0.15) is 13.3 Å². The summed E-state index contributed by atoms with van der Waals surface area (Å²) in [6.07, 6.45) is 0.175. The third-order valence-corrected chi connectivity index (χ3v) is 2.60. The van der Waals surface area contributed by atoms with E-state index in [2.05, 4.69) is 5.32 Å². The second kappa shape index (κ2) is 4.44. The molecule has 1 atom stereocenters. The Balaban J connectivity index is 2.36. The minimum atomic E-state index is -0.571. The van der Waals surface area contributed by atoms with Crippen molar-refractivity contribution in [3.63, 3.8) is 0 Å². The highest BCUT2D eigenvalue weighted by Crippen LogP contribution is 2.23. The fourth-order valence-corrected chi connectivity index (χ4v) is 1.80. The lowest BCUT2D eigenvalue weighted by Gasteiger charge is -2.29. The van der Waals surface area contributed by atoms with Crippen molar-refractivity contribution in [1.82, 2.24) is 5.32 Å². The second-order valence-corrected chi connectivity index (χ2v) is 4.06. The normalized spacial score (nSPS) is 19.6. The SMILES string of the molecule is CC1CC(=O)N(c2cccc([N+](=O)[O-])c2)C(=O)N1. The van der Waals surface area contributed by atoms with Gasteiger partial charge >= 0.3 is 6.03 Å². The van der Waals surface area contributed by atoms with E-state index < -0.39 is 11.0 Å². The van der Waals surface area contributed by atoms with Crippen LogP contribution in [0.3, 0.4) is 0 Å². The Morgan fingerprint density at radius 1 is 1.44 bits per heavy atom. The zero-order chi connectivity index (χ0) is 13.3. The maximum atomic E-state index is 11.8. The number of rotatable bonds is 2. The molecule has 1 unspecified atom stereocenters. The van der Waals surface area contributed by atoms with Gasteiger partial charge in [-0.3, -0.25) is 14.9 Å². The Hall–Kier alpha value is -2.44.